The van der Waals surface area contributed by atoms with E-state index in [9.17, 15) is 14.0 Å². The number of halogens is 1. The summed E-state index contributed by atoms with van der Waals surface area (Å²) in [6.45, 7) is 1.54. The minimum Gasteiger partial charge on any atom is -0.342 e. The van der Waals surface area contributed by atoms with E-state index in [0.29, 0.717) is 17.5 Å². The van der Waals surface area contributed by atoms with Crippen molar-refractivity contribution >= 4 is 11.7 Å². The molecule has 1 aromatic rings. The van der Waals surface area contributed by atoms with Crippen LogP contribution in [0.3, 0.4) is 0 Å². The lowest BCUT2D eigenvalue weighted by Crippen LogP contribution is -2.42. The molecule has 1 atom stereocenters. The molecule has 3 nitrogen and oxygen atoms in total. The van der Waals surface area contributed by atoms with E-state index >= 15 is 0 Å². The zero-order chi connectivity index (χ0) is 14.1. The fraction of sp³-hybridized carbons (Fsp3) is 0.500. The Labute approximate surface area is 117 Å². The van der Waals surface area contributed by atoms with Crippen LogP contribution in [0.5, 0.6) is 0 Å². The number of nitrogens with zero attached hydrogens (tertiary/aromatic N) is 1. The summed E-state index contributed by atoms with van der Waals surface area (Å²) in [6, 6.07) is 4.57. The third-order valence-corrected chi connectivity index (χ3v) is 4.32. The average Bonchev–Trinajstić information content (AvgIpc) is 2.48. The third-order valence-electron chi connectivity index (χ3n) is 4.32. The normalized spacial score (nSPS) is 22.6. The number of carbonyl (C=O) groups excluding carboxylic acids is 2. The molecule has 1 aliphatic carbocycles. The van der Waals surface area contributed by atoms with Gasteiger partial charge in [0.2, 0.25) is 5.91 Å². The van der Waals surface area contributed by atoms with Gasteiger partial charge in [0.25, 0.3) is 0 Å². The molecule has 3 rings (SSSR count). The van der Waals surface area contributed by atoms with E-state index in [1.54, 1.807) is 12.1 Å². The van der Waals surface area contributed by atoms with Crippen LogP contribution >= 0.6 is 0 Å². The van der Waals surface area contributed by atoms with E-state index in [2.05, 4.69) is 0 Å². The van der Waals surface area contributed by atoms with Crippen LogP contribution in [0, 0.1) is 11.7 Å². The van der Waals surface area contributed by atoms with Crippen molar-refractivity contribution in [1.82, 2.24) is 4.90 Å². The number of rotatable bonds is 1. The van der Waals surface area contributed by atoms with Crippen molar-refractivity contribution in [3.63, 3.8) is 0 Å². The highest BCUT2D eigenvalue weighted by molar-refractivity contribution is 6.01. The summed E-state index contributed by atoms with van der Waals surface area (Å²) in [5, 5.41) is 0. The quantitative estimate of drug-likeness (QED) is 0.790. The van der Waals surface area contributed by atoms with Gasteiger partial charge >= 0.3 is 0 Å². The number of hydrogen-bond acceptors (Lipinski definition) is 2. The number of fused-ring (bicyclic) bond motifs is 1. The summed E-state index contributed by atoms with van der Waals surface area (Å²) in [7, 11) is 0. The predicted octanol–water partition coefficient (Wildman–Crippen LogP) is 2.58. The van der Waals surface area contributed by atoms with Crippen LogP contribution < -0.4 is 0 Å². The number of piperidine rings is 1. The standard InChI is InChI=1S/C16H18FNO2/c17-14-6-4-5-12-13(14)9-11(10-15(12)19)16(20)18-7-2-1-3-8-18/h4-6,11H,1-3,7-10H2. The fourth-order valence-corrected chi connectivity index (χ4v) is 3.23. The van der Waals surface area contributed by atoms with E-state index in [-0.39, 0.29) is 29.8 Å². The zero-order valence-electron chi connectivity index (χ0n) is 11.4. The van der Waals surface area contributed by atoms with Crippen LogP contribution in [0.2, 0.25) is 0 Å². The molecule has 0 saturated carbocycles. The molecule has 2 aliphatic rings. The van der Waals surface area contributed by atoms with E-state index < -0.39 is 0 Å². The Morgan fingerprint density at radius 2 is 1.90 bits per heavy atom. The van der Waals surface area contributed by atoms with Gasteiger partial charge in [0, 0.05) is 31.0 Å². The van der Waals surface area contributed by atoms with E-state index in [1.807, 2.05) is 4.90 Å². The van der Waals surface area contributed by atoms with Gasteiger partial charge in [0.15, 0.2) is 5.78 Å². The van der Waals surface area contributed by atoms with Crippen LogP contribution in [-0.2, 0) is 11.2 Å². The monoisotopic (exact) mass is 275 g/mol. The highest BCUT2D eigenvalue weighted by Gasteiger charge is 2.34. The Kier molecular flexibility index (Phi) is 3.55. The highest BCUT2D eigenvalue weighted by Crippen LogP contribution is 2.29. The lowest BCUT2D eigenvalue weighted by Gasteiger charge is -2.32. The van der Waals surface area contributed by atoms with Gasteiger partial charge in [-0.1, -0.05) is 12.1 Å². The van der Waals surface area contributed by atoms with E-state index in [4.69, 9.17) is 0 Å². The number of benzene rings is 1. The maximum Gasteiger partial charge on any atom is 0.226 e. The first-order valence-electron chi connectivity index (χ1n) is 7.26. The smallest absolute Gasteiger partial charge is 0.226 e. The minimum absolute atomic E-state index is 0.0203. The molecule has 0 radical (unpaired) electrons. The molecule has 1 heterocycles. The number of hydrogen-bond donors (Lipinski definition) is 0. The molecule has 1 aliphatic heterocycles. The van der Waals surface area contributed by atoms with Gasteiger partial charge < -0.3 is 4.90 Å². The van der Waals surface area contributed by atoms with Crippen molar-refractivity contribution < 1.29 is 14.0 Å². The molecular formula is C16H18FNO2. The first-order chi connectivity index (χ1) is 9.66. The maximum atomic E-state index is 13.8. The number of Topliss-reactive ketones (excluding diaryl/α,β-unsaturated/α-hetero) is 1. The summed E-state index contributed by atoms with van der Waals surface area (Å²) in [4.78, 5) is 26.4. The molecule has 1 aromatic carbocycles. The first kappa shape index (κ1) is 13.3. The summed E-state index contributed by atoms with van der Waals surface area (Å²) in [5.74, 6) is -0.843. The van der Waals surface area contributed by atoms with Gasteiger partial charge in [-0.2, -0.15) is 0 Å². The van der Waals surface area contributed by atoms with Crippen molar-refractivity contribution in [3.05, 3.63) is 35.1 Å². The zero-order valence-corrected chi connectivity index (χ0v) is 11.4. The number of ketones is 1. The lowest BCUT2D eigenvalue weighted by atomic mass is 9.82. The van der Waals surface area contributed by atoms with E-state index in [0.717, 1.165) is 32.4 Å². The molecule has 106 valence electrons. The number of likely N-dealkylation sites (tertiary alicyclic amines) is 1. The first-order valence-corrected chi connectivity index (χ1v) is 7.26. The second kappa shape index (κ2) is 5.35. The SMILES string of the molecule is O=C1CC(C(=O)N2CCCCC2)Cc2c(F)cccc21. The van der Waals surface area contributed by atoms with Crippen molar-refractivity contribution in [2.45, 2.75) is 32.1 Å². The fourth-order valence-electron chi connectivity index (χ4n) is 3.23. The number of amides is 1. The van der Waals surface area contributed by atoms with Gasteiger partial charge in [0.1, 0.15) is 5.82 Å². The second-order valence-electron chi connectivity index (χ2n) is 5.68. The predicted molar refractivity (Wildman–Crippen MR) is 73.0 cm³/mol. The largest absolute Gasteiger partial charge is 0.342 e. The van der Waals surface area contributed by atoms with Gasteiger partial charge in [-0.05, 0) is 37.3 Å². The van der Waals surface area contributed by atoms with Gasteiger partial charge in [0.05, 0.1) is 0 Å². The Hall–Kier alpha value is -1.71. The van der Waals surface area contributed by atoms with Gasteiger partial charge in [-0.25, -0.2) is 4.39 Å². The minimum atomic E-state index is -0.384. The Morgan fingerprint density at radius 3 is 2.65 bits per heavy atom. The molecule has 0 bridgehead atoms. The van der Waals surface area contributed by atoms with Gasteiger partial charge in [-0.15, -0.1) is 0 Å². The molecule has 1 amide bonds. The molecule has 0 spiro atoms. The van der Waals surface area contributed by atoms with Crippen molar-refractivity contribution in [1.29, 1.82) is 0 Å². The Bertz CT molecular complexity index is 549. The average molecular weight is 275 g/mol. The second-order valence-corrected chi connectivity index (χ2v) is 5.68. The molecule has 1 saturated heterocycles. The highest BCUT2D eigenvalue weighted by atomic mass is 19.1. The molecule has 1 unspecified atom stereocenters. The van der Waals surface area contributed by atoms with Crippen LogP contribution in [0.1, 0.15) is 41.6 Å². The summed E-state index contributed by atoms with van der Waals surface area (Å²) in [5.41, 5.74) is 0.867. The van der Waals surface area contributed by atoms with Crippen LogP contribution in [0.15, 0.2) is 18.2 Å². The van der Waals surface area contributed by atoms with Crippen LogP contribution in [-0.4, -0.2) is 29.7 Å². The van der Waals surface area contributed by atoms with Crippen LogP contribution in [0.25, 0.3) is 0 Å². The Morgan fingerprint density at radius 1 is 1.15 bits per heavy atom. The third kappa shape index (κ3) is 2.35. The summed E-state index contributed by atoms with van der Waals surface area (Å²) >= 11 is 0. The Balaban J connectivity index is 1.82. The van der Waals surface area contributed by atoms with Crippen LogP contribution in [0.4, 0.5) is 4.39 Å². The lowest BCUT2D eigenvalue weighted by molar-refractivity contribution is -0.136. The summed E-state index contributed by atoms with van der Waals surface area (Å²) < 4.78 is 13.8. The molecule has 0 N–H and O–H groups in total. The maximum absolute atomic E-state index is 13.8. The van der Waals surface area contributed by atoms with Crippen molar-refractivity contribution in [3.8, 4) is 0 Å². The van der Waals surface area contributed by atoms with E-state index in [1.165, 1.54) is 6.07 Å². The summed E-state index contributed by atoms with van der Waals surface area (Å²) in [6.07, 6.45) is 3.77. The molecule has 4 heteroatoms. The molecule has 1 fully saturated rings. The molecule has 0 aromatic heterocycles. The molecule has 20 heavy (non-hydrogen) atoms. The van der Waals surface area contributed by atoms with Crippen molar-refractivity contribution in [2.24, 2.45) is 5.92 Å². The van der Waals surface area contributed by atoms with Gasteiger partial charge in [-0.3, -0.25) is 9.59 Å². The number of carbonyl (C=O) groups is 2. The van der Waals surface area contributed by atoms with Crippen molar-refractivity contribution in [2.75, 3.05) is 13.1 Å². The molecular weight excluding hydrogens is 257 g/mol. The topological polar surface area (TPSA) is 37.4 Å².